The first kappa shape index (κ1) is 12.4. The standard InChI is InChI=1S/C12H14FNO2S/c1-12(2)9(11(15)16)14-10(17-12)7-5-3-4-6-8(7)13/h3-6,9-10,14H,1-2H3,(H,15,16). The van der Waals surface area contributed by atoms with Gasteiger partial charge < -0.3 is 5.11 Å². The fraction of sp³-hybridized carbons (Fsp3) is 0.417. The third kappa shape index (κ3) is 2.30. The van der Waals surface area contributed by atoms with Gasteiger partial charge in [-0.3, -0.25) is 10.1 Å². The molecule has 1 saturated heterocycles. The number of carboxylic acids is 1. The average Bonchev–Trinajstić information content (AvgIpc) is 2.55. The zero-order valence-corrected chi connectivity index (χ0v) is 10.4. The molecule has 0 spiro atoms. The number of hydrogen-bond donors (Lipinski definition) is 2. The van der Waals surface area contributed by atoms with Gasteiger partial charge in [0.2, 0.25) is 0 Å². The normalized spacial score (nSPS) is 27.0. The Balaban J connectivity index is 2.28. The molecule has 0 aliphatic carbocycles. The second-order valence-electron chi connectivity index (χ2n) is 4.56. The van der Waals surface area contributed by atoms with Gasteiger partial charge in [-0.1, -0.05) is 18.2 Å². The molecule has 1 aliphatic rings. The van der Waals surface area contributed by atoms with Crippen molar-refractivity contribution in [2.75, 3.05) is 0 Å². The fourth-order valence-corrected chi connectivity index (χ4v) is 3.40. The Morgan fingerprint density at radius 3 is 2.65 bits per heavy atom. The minimum atomic E-state index is -0.902. The minimum Gasteiger partial charge on any atom is -0.480 e. The Bertz CT molecular complexity index is 450. The molecule has 17 heavy (non-hydrogen) atoms. The van der Waals surface area contributed by atoms with E-state index >= 15 is 0 Å². The molecule has 0 amide bonds. The van der Waals surface area contributed by atoms with E-state index in [0.717, 1.165) is 0 Å². The van der Waals surface area contributed by atoms with Crippen LogP contribution in [0.4, 0.5) is 4.39 Å². The SMILES string of the molecule is CC1(C)SC(c2ccccc2F)NC1C(=O)O. The summed E-state index contributed by atoms with van der Waals surface area (Å²) in [5.41, 5.74) is 0.509. The van der Waals surface area contributed by atoms with Crippen molar-refractivity contribution in [3.05, 3.63) is 35.6 Å². The number of thioether (sulfide) groups is 1. The van der Waals surface area contributed by atoms with Crippen molar-refractivity contribution < 1.29 is 14.3 Å². The first-order valence-corrected chi connectivity index (χ1v) is 6.21. The quantitative estimate of drug-likeness (QED) is 0.852. The van der Waals surface area contributed by atoms with Gasteiger partial charge in [0, 0.05) is 10.3 Å². The highest BCUT2D eigenvalue weighted by Gasteiger charge is 2.46. The summed E-state index contributed by atoms with van der Waals surface area (Å²) in [6.45, 7) is 3.70. The van der Waals surface area contributed by atoms with Crippen LogP contribution in [-0.4, -0.2) is 21.9 Å². The number of rotatable bonds is 2. The van der Waals surface area contributed by atoms with Gasteiger partial charge in [-0.05, 0) is 19.9 Å². The summed E-state index contributed by atoms with van der Waals surface area (Å²) in [4.78, 5) is 11.1. The Kier molecular flexibility index (Phi) is 3.14. The lowest BCUT2D eigenvalue weighted by Gasteiger charge is -2.20. The maximum atomic E-state index is 13.6. The zero-order chi connectivity index (χ0) is 12.6. The van der Waals surface area contributed by atoms with Crippen molar-refractivity contribution in [2.24, 2.45) is 0 Å². The van der Waals surface area contributed by atoms with Gasteiger partial charge in [-0.15, -0.1) is 11.8 Å². The van der Waals surface area contributed by atoms with Crippen LogP contribution in [0, 0.1) is 5.82 Å². The van der Waals surface area contributed by atoms with Gasteiger partial charge in [-0.2, -0.15) is 0 Å². The first-order chi connectivity index (χ1) is 7.92. The molecular formula is C12H14FNO2S. The maximum absolute atomic E-state index is 13.6. The summed E-state index contributed by atoms with van der Waals surface area (Å²) in [6, 6.07) is 5.77. The lowest BCUT2D eigenvalue weighted by Crippen LogP contribution is -2.43. The van der Waals surface area contributed by atoms with Crippen LogP contribution in [0.3, 0.4) is 0 Å². The second kappa shape index (κ2) is 4.31. The van der Waals surface area contributed by atoms with Gasteiger partial charge in [-0.25, -0.2) is 4.39 Å². The number of carbonyl (C=O) groups is 1. The van der Waals surface area contributed by atoms with Gasteiger partial charge in [0.1, 0.15) is 11.9 Å². The first-order valence-electron chi connectivity index (χ1n) is 5.33. The van der Waals surface area contributed by atoms with Crippen LogP contribution in [0.15, 0.2) is 24.3 Å². The highest BCUT2D eigenvalue weighted by atomic mass is 32.2. The fourth-order valence-electron chi connectivity index (χ4n) is 1.97. The number of carboxylic acid groups (broad SMARTS) is 1. The summed E-state index contributed by atoms with van der Waals surface area (Å²) in [6.07, 6.45) is 0. The van der Waals surface area contributed by atoms with Gasteiger partial charge >= 0.3 is 5.97 Å². The van der Waals surface area contributed by atoms with E-state index in [2.05, 4.69) is 5.32 Å². The van der Waals surface area contributed by atoms with Crippen LogP contribution < -0.4 is 5.32 Å². The smallest absolute Gasteiger partial charge is 0.322 e. The van der Waals surface area contributed by atoms with Crippen molar-refractivity contribution in [3.8, 4) is 0 Å². The molecule has 0 bridgehead atoms. The Morgan fingerprint density at radius 2 is 2.12 bits per heavy atom. The monoisotopic (exact) mass is 255 g/mol. The molecule has 2 rings (SSSR count). The molecule has 3 nitrogen and oxygen atoms in total. The lowest BCUT2D eigenvalue weighted by molar-refractivity contribution is -0.139. The topological polar surface area (TPSA) is 49.3 Å². The van der Waals surface area contributed by atoms with Gasteiger partial charge in [0.05, 0.1) is 5.37 Å². The molecule has 1 fully saturated rings. The molecule has 5 heteroatoms. The molecule has 1 aromatic carbocycles. The van der Waals surface area contributed by atoms with Gasteiger partial charge in [0.15, 0.2) is 0 Å². The Labute approximate surface area is 103 Å². The molecule has 1 heterocycles. The van der Waals surface area contributed by atoms with Crippen molar-refractivity contribution in [3.63, 3.8) is 0 Å². The lowest BCUT2D eigenvalue weighted by atomic mass is 10.0. The van der Waals surface area contributed by atoms with Crippen molar-refractivity contribution in [2.45, 2.75) is 30.0 Å². The van der Waals surface area contributed by atoms with Crippen LogP contribution in [0.1, 0.15) is 24.8 Å². The Hall–Kier alpha value is -1.07. The number of nitrogens with one attached hydrogen (secondary N) is 1. The van der Waals surface area contributed by atoms with Crippen LogP contribution >= 0.6 is 11.8 Å². The molecule has 0 aromatic heterocycles. The maximum Gasteiger partial charge on any atom is 0.322 e. The minimum absolute atomic E-state index is 0.306. The highest BCUT2D eigenvalue weighted by molar-refractivity contribution is 8.01. The van der Waals surface area contributed by atoms with E-state index in [9.17, 15) is 9.18 Å². The summed E-state index contributed by atoms with van der Waals surface area (Å²) in [5, 5.41) is 11.8. The zero-order valence-electron chi connectivity index (χ0n) is 9.61. The van der Waals surface area contributed by atoms with Crippen molar-refractivity contribution in [1.82, 2.24) is 5.32 Å². The molecule has 2 N–H and O–H groups in total. The summed E-state index contributed by atoms with van der Waals surface area (Å²) >= 11 is 1.44. The molecule has 2 atom stereocenters. The number of aliphatic carboxylic acids is 1. The van der Waals surface area contributed by atoms with E-state index < -0.39 is 16.8 Å². The van der Waals surface area contributed by atoms with E-state index in [1.54, 1.807) is 18.2 Å². The molecular weight excluding hydrogens is 241 g/mol. The predicted octanol–water partition coefficient (Wildman–Crippen LogP) is 2.39. The number of hydrogen-bond acceptors (Lipinski definition) is 3. The van der Waals surface area contributed by atoms with E-state index in [4.69, 9.17) is 5.11 Å². The van der Waals surface area contributed by atoms with Crippen LogP contribution in [0.5, 0.6) is 0 Å². The molecule has 92 valence electrons. The van der Waals surface area contributed by atoms with Crippen LogP contribution in [0.25, 0.3) is 0 Å². The highest BCUT2D eigenvalue weighted by Crippen LogP contribution is 2.46. The second-order valence-corrected chi connectivity index (χ2v) is 6.32. The van der Waals surface area contributed by atoms with E-state index in [1.165, 1.54) is 17.8 Å². The third-order valence-electron chi connectivity index (χ3n) is 2.87. The van der Waals surface area contributed by atoms with Crippen LogP contribution in [0.2, 0.25) is 0 Å². The van der Waals surface area contributed by atoms with E-state index in [0.29, 0.717) is 5.56 Å². The molecule has 1 aliphatic heterocycles. The van der Waals surface area contributed by atoms with Crippen molar-refractivity contribution >= 4 is 17.7 Å². The number of halogens is 1. The van der Waals surface area contributed by atoms with Crippen LogP contribution in [-0.2, 0) is 4.79 Å². The third-order valence-corrected chi connectivity index (χ3v) is 4.34. The molecule has 2 unspecified atom stereocenters. The number of benzene rings is 1. The largest absolute Gasteiger partial charge is 0.480 e. The van der Waals surface area contributed by atoms with E-state index in [-0.39, 0.29) is 11.2 Å². The van der Waals surface area contributed by atoms with E-state index in [1.807, 2.05) is 13.8 Å². The summed E-state index contributed by atoms with van der Waals surface area (Å²) in [5.74, 6) is -1.21. The molecule has 0 saturated carbocycles. The molecule has 0 radical (unpaired) electrons. The van der Waals surface area contributed by atoms with Gasteiger partial charge in [0.25, 0.3) is 0 Å². The Morgan fingerprint density at radius 1 is 1.47 bits per heavy atom. The average molecular weight is 255 g/mol. The predicted molar refractivity (Wildman–Crippen MR) is 65.4 cm³/mol. The summed E-state index contributed by atoms with van der Waals surface area (Å²) < 4.78 is 13.2. The summed E-state index contributed by atoms with van der Waals surface area (Å²) in [7, 11) is 0. The van der Waals surface area contributed by atoms with Crippen molar-refractivity contribution in [1.29, 1.82) is 0 Å². The molecule has 1 aromatic rings.